The van der Waals surface area contributed by atoms with Gasteiger partial charge in [0.15, 0.2) is 0 Å². The molecule has 2 rings (SSSR count). The van der Waals surface area contributed by atoms with Crippen molar-refractivity contribution in [3.8, 4) is 0 Å². The zero-order valence-electron chi connectivity index (χ0n) is 10.7. The Morgan fingerprint density at radius 1 is 1.50 bits per heavy atom. The molecule has 1 saturated heterocycles. The smallest absolute Gasteiger partial charge is 0.221 e. The molecule has 0 spiro atoms. The first-order chi connectivity index (χ1) is 8.75. The van der Waals surface area contributed by atoms with Crippen LogP contribution in [-0.2, 0) is 16.1 Å². The Balaban J connectivity index is 1.75. The van der Waals surface area contributed by atoms with Gasteiger partial charge in [-0.25, -0.2) is 0 Å². The molecule has 1 aromatic rings. The molecule has 1 aliphatic heterocycles. The van der Waals surface area contributed by atoms with E-state index >= 15 is 0 Å². The fraction of sp³-hybridized carbons (Fsp3) is 0.615. The van der Waals surface area contributed by atoms with E-state index in [4.69, 9.17) is 4.74 Å². The second kappa shape index (κ2) is 6.87. The molecule has 0 aliphatic carbocycles. The number of hydrogen-bond acceptors (Lipinski definition) is 4. The molecule has 1 aliphatic rings. The molecule has 5 heteroatoms. The van der Waals surface area contributed by atoms with Crippen LogP contribution < -0.4 is 10.6 Å². The van der Waals surface area contributed by atoms with Gasteiger partial charge in [0.1, 0.15) is 0 Å². The monoisotopic (exact) mass is 268 g/mol. The molecule has 1 fully saturated rings. The Kier molecular flexibility index (Phi) is 5.16. The molecule has 0 aromatic carbocycles. The molecule has 0 bridgehead atoms. The molecule has 0 atom stereocenters. The van der Waals surface area contributed by atoms with E-state index in [0.717, 1.165) is 50.8 Å². The summed E-state index contributed by atoms with van der Waals surface area (Å²) in [4.78, 5) is 12.2. The Morgan fingerprint density at radius 2 is 2.28 bits per heavy atom. The molecule has 1 amide bonds. The minimum absolute atomic E-state index is 0.0147. The number of ether oxygens (including phenoxy) is 1. The Labute approximate surface area is 112 Å². The summed E-state index contributed by atoms with van der Waals surface area (Å²) in [7, 11) is 0. The summed E-state index contributed by atoms with van der Waals surface area (Å²) in [6, 6.07) is 1.96. The molecular weight excluding hydrogens is 248 g/mol. The van der Waals surface area contributed by atoms with Gasteiger partial charge in [0.2, 0.25) is 5.91 Å². The van der Waals surface area contributed by atoms with E-state index in [0.29, 0.717) is 0 Å². The van der Waals surface area contributed by atoms with Crippen molar-refractivity contribution < 1.29 is 9.53 Å². The lowest BCUT2D eigenvalue weighted by molar-refractivity contribution is -0.114. The molecule has 18 heavy (non-hydrogen) atoms. The molecular formula is C13H20N2O2S. The molecule has 0 saturated carbocycles. The maximum absolute atomic E-state index is 11.0. The van der Waals surface area contributed by atoms with E-state index in [1.807, 2.05) is 11.4 Å². The van der Waals surface area contributed by atoms with Crippen LogP contribution >= 0.6 is 11.3 Å². The fourth-order valence-corrected chi connectivity index (χ4v) is 2.92. The molecule has 4 nitrogen and oxygen atoms in total. The van der Waals surface area contributed by atoms with E-state index in [1.165, 1.54) is 11.8 Å². The van der Waals surface area contributed by atoms with Gasteiger partial charge < -0.3 is 15.4 Å². The summed E-state index contributed by atoms with van der Waals surface area (Å²) < 4.78 is 5.34. The number of rotatable bonds is 5. The van der Waals surface area contributed by atoms with Crippen LogP contribution in [0.2, 0.25) is 0 Å². The highest BCUT2D eigenvalue weighted by atomic mass is 32.1. The summed E-state index contributed by atoms with van der Waals surface area (Å²) in [5, 5.41) is 8.34. The Hall–Kier alpha value is -0.910. The van der Waals surface area contributed by atoms with Crippen LogP contribution in [0.25, 0.3) is 0 Å². The van der Waals surface area contributed by atoms with Crippen molar-refractivity contribution in [2.24, 2.45) is 5.92 Å². The van der Waals surface area contributed by atoms with Crippen LogP contribution in [0.4, 0.5) is 5.69 Å². The van der Waals surface area contributed by atoms with E-state index in [1.54, 1.807) is 11.3 Å². The summed E-state index contributed by atoms with van der Waals surface area (Å²) in [6.07, 6.45) is 2.30. The minimum Gasteiger partial charge on any atom is -0.381 e. The van der Waals surface area contributed by atoms with Crippen LogP contribution in [-0.4, -0.2) is 25.7 Å². The van der Waals surface area contributed by atoms with E-state index in [-0.39, 0.29) is 5.91 Å². The molecule has 0 radical (unpaired) electrons. The summed E-state index contributed by atoms with van der Waals surface area (Å²) in [5.41, 5.74) is 0.937. The zero-order chi connectivity index (χ0) is 12.8. The number of carbonyl (C=O) groups excluding carboxylic acids is 1. The first-order valence-electron chi connectivity index (χ1n) is 6.38. The third-order valence-electron chi connectivity index (χ3n) is 3.12. The van der Waals surface area contributed by atoms with Gasteiger partial charge in [0.05, 0.1) is 5.69 Å². The lowest BCUT2D eigenvalue weighted by Gasteiger charge is -2.22. The van der Waals surface area contributed by atoms with Gasteiger partial charge in [-0.2, -0.15) is 0 Å². The van der Waals surface area contributed by atoms with Gasteiger partial charge in [0.25, 0.3) is 0 Å². The predicted octanol–water partition coefficient (Wildman–Crippen LogP) is 2.22. The second-order valence-corrected chi connectivity index (χ2v) is 5.63. The standard InChI is InChI=1S/C13H20N2O2S/c1-10(16)15-12-4-7-18-13(12)9-14-8-11-2-5-17-6-3-11/h4,7,11,14H,2-3,5-6,8-9H2,1H3,(H,15,16). The summed E-state index contributed by atoms with van der Waals surface area (Å²) in [6.45, 7) is 5.17. The van der Waals surface area contributed by atoms with E-state index in [2.05, 4.69) is 10.6 Å². The van der Waals surface area contributed by atoms with E-state index < -0.39 is 0 Å². The predicted molar refractivity (Wildman–Crippen MR) is 73.9 cm³/mol. The lowest BCUT2D eigenvalue weighted by Crippen LogP contribution is -2.27. The third kappa shape index (κ3) is 4.08. The summed E-state index contributed by atoms with van der Waals surface area (Å²) >= 11 is 1.68. The highest BCUT2D eigenvalue weighted by Crippen LogP contribution is 2.22. The normalized spacial score (nSPS) is 16.7. The van der Waals surface area contributed by atoms with Gasteiger partial charge in [-0.15, -0.1) is 11.3 Å². The number of thiophene rings is 1. The molecule has 1 aromatic heterocycles. The van der Waals surface area contributed by atoms with Crippen LogP contribution in [0, 0.1) is 5.92 Å². The fourth-order valence-electron chi connectivity index (χ4n) is 2.12. The SMILES string of the molecule is CC(=O)Nc1ccsc1CNCC1CCOCC1. The molecule has 2 heterocycles. The van der Waals surface area contributed by atoms with Gasteiger partial charge in [0, 0.05) is 31.6 Å². The van der Waals surface area contributed by atoms with Crippen molar-refractivity contribution in [2.75, 3.05) is 25.1 Å². The minimum atomic E-state index is -0.0147. The number of anilines is 1. The van der Waals surface area contributed by atoms with E-state index in [9.17, 15) is 4.79 Å². The molecule has 100 valence electrons. The van der Waals surface area contributed by atoms with Gasteiger partial charge in [-0.1, -0.05) is 0 Å². The first kappa shape index (κ1) is 13.5. The van der Waals surface area contributed by atoms with Crippen molar-refractivity contribution >= 4 is 22.9 Å². The second-order valence-electron chi connectivity index (χ2n) is 4.63. The number of nitrogens with one attached hydrogen (secondary N) is 2. The van der Waals surface area contributed by atoms with Crippen molar-refractivity contribution in [1.82, 2.24) is 5.32 Å². The number of hydrogen-bond donors (Lipinski definition) is 2. The summed E-state index contributed by atoms with van der Waals surface area (Å²) in [5.74, 6) is 0.710. The maximum Gasteiger partial charge on any atom is 0.221 e. The van der Waals surface area contributed by atoms with Crippen LogP contribution in [0.5, 0.6) is 0 Å². The van der Waals surface area contributed by atoms with Gasteiger partial charge >= 0.3 is 0 Å². The topological polar surface area (TPSA) is 50.4 Å². The highest BCUT2D eigenvalue weighted by molar-refractivity contribution is 7.10. The third-order valence-corrected chi connectivity index (χ3v) is 4.04. The average Bonchev–Trinajstić information content (AvgIpc) is 2.77. The molecule has 0 unspecified atom stereocenters. The maximum atomic E-state index is 11.0. The van der Waals surface area contributed by atoms with Crippen molar-refractivity contribution in [3.05, 3.63) is 16.3 Å². The quantitative estimate of drug-likeness (QED) is 0.861. The lowest BCUT2D eigenvalue weighted by atomic mass is 10.0. The highest BCUT2D eigenvalue weighted by Gasteiger charge is 2.13. The zero-order valence-corrected chi connectivity index (χ0v) is 11.5. The van der Waals surface area contributed by atoms with Crippen LogP contribution in [0.3, 0.4) is 0 Å². The Bertz CT molecular complexity index is 386. The number of carbonyl (C=O) groups is 1. The van der Waals surface area contributed by atoms with Crippen molar-refractivity contribution in [1.29, 1.82) is 0 Å². The van der Waals surface area contributed by atoms with Crippen LogP contribution in [0.1, 0.15) is 24.6 Å². The number of amides is 1. The van der Waals surface area contributed by atoms with Crippen molar-refractivity contribution in [3.63, 3.8) is 0 Å². The first-order valence-corrected chi connectivity index (χ1v) is 7.26. The largest absolute Gasteiger partial charge is 0.381 e. The average molecular weight is 268 g/mol. The molecule has 2 N–H and O–H groups in total. The Morgan fingerprint density at radius 3 is 3.00 bits per heavy atom. The van der Waals surface area contributed by atoms with Gasteiger partial charge in [-0.05, 0) is 36.8 Å². The van der Waals surface area contributed by atoms with Crippen molar-refractivity contribution in [2.45, 2.75) is 26.3 Å². The van der Waals surface area contributed by atoms with Gasteiger partial charge in [-0.3, -0.25) is 4.79 Å². The van der Waals surface area contributed by atoms with Crippen LogP contribution in [0.15, 0.2) is 11.4 Å².